The van der Waals surface area contributed by atoms with E-state index in [1.165, 1.54) is 16.7 Å². The number of rotatable bonds is 13. The largest absolute Gasteiger partial charge is 0.493 e. The van der Waals surface area contributed by atoms with Crippen molar-refractivity contribution >= 4 is 5.91 Å². The molecule has 3 rings (SSSR count). The molecule has 1 heterocycles. The van der Waals surface area contributed by atoms with Gasteiger partial charge in [-0.15, -0.1) is 0 Å². The minimum absolute atomic E-state index is 0.0867. The van der Waals surface area contributed by atoms with Crippen LogP contribution >= 0.6 is 0 Å². The SMILES string of the molecule is CCc1c(OCCCCN(C)C)ccc(C(C)N2CC(CNC(=O)Cc3cccc(C)c3F)C2)c1C. The summed E-state index contributed by atoms with van der Waals surface area (Å²) >= 11 is 0. The smallest absolute Gasteiger partial charge is 0.224 e. The van der Waals surface area contributed by atoms with Gasteiger partial charge in [0.2, 0.25) is 5.91 Å². The number of halogens is 1. The summed E-state index contributed by atoms with van der Waals surface area (Å²) < 4.78 is 20.3. The molecule has 1 fully saturated rings. The van der Waals surface area contributed by atoms with Crippen molar-refractivity contribution in [2.45, 2.75) is 59.4 Å². The minimum Gasteiger partial charge on any atom is -0.493 e. The zero-order valence-corrected chi connectivity index (χ0v) is 23.0. The molecule has 0 radical (unpaired) electrons. The molecule has 1 saturated heterocycles. The molecule has 6 heteroatoms. The van der Waals surface area contributed by atoms with E-state index in [0.29, 0.717) is 29.6 Å². The second-order valence-electron chi connectivity index (χ2n) is 10.5. The highest BCUT2D eigenvalue weighted by molar-refractivity contribution is 5.78. The number of carbonyl (C=O) groups excluding carboxylic acids is 1. The van der Waals surface area contributed by atoms with Crippen LogP contribution in [0.2, 0.25) is 0 Å². The van der Waals surface area contributed by atoms with E-state index in [2.05, 4.69) is 62.1 Å². The van der Waals surface area contributed by atoms with Gasteiger partial charge in [-0.3, -0.25) is 9.69 Å². The van der Waals surface area contributed by atoms with Crippen LogP contribution in [0.1, 0.15) is 60.5 Å². The molecular formula is C30H44FN3O2. The van der Waals surface area contributed by atoms with Crippen LogP contribution in [-0.4, -0.2) is 62.6 Å². The van der Waals surface area contributed by atoms with Crippen LogP contribution in [0.5, 0.6) is 5.75 Å². The van der Waals surface area contributed by atoms with Gasteiger partial charge in [-0.2, -0.15) is 0 Å². The highest BCUT2D eigenvalue weighted by atomic mass is 19.1. The lowest BCUT2D eigenvalue weighted by molar-refractivity contribution is -0.121. The van der Waals surface area contributed by atoms with Crippen molar-refractivity contribution in [3.8, 4) is 5.75 Å². The summed E-state index contributed by atoms with van der Waals surface area (Å²) in [6.45, 7) is 12.8. The molecule has 5 nitrogen and oxygen atoms in total. The average molecular weight is 498 g/mol. The molecular weight excluding hydrogens is 453 g/mol. The van der Waals surface area contributed by atoms with Crippen LogP contribution in [0.15, 0.2) is 30.3 Å². The fraction of sp³-hybridized carbons (Fsp3) is 0.567. The first-order chi connectivity index (χ1) is 17.2. The Hall–Kier alpha value is -2.44. The molecule has 198 valence electrons. The molecule has 0 saturated carbocycles. The number of aryl methyl sites for hydroxylation is 1. The van der Waals surface area contributed by atoms with Crippen molar-refractivity contribution in [3.05, 3.63) is 64.0 Å². The molecule has 1 aliphatic rings. The average Bonchev–Trinajstić information content (AvgIpc) is 2.80. The summed E-state index contributed by atoms with van der Waals surface area (Å²) in [5.74, 6) is 1.05. The minimum atomic E-state index is -0.279. The summed E-state index contributed by atoms with van der Waals surface area (Å²) in [5.41, 5.74) is 5.02. The first-order valence-corrected chi connectivity index (χ1v) is 13.4. The van der Waals surface area contributed by atoms with E-state index < -0.39 is 0 Å². The van der Waals surface area contributed by atoms with E-state index in [1.807, 2.05) is 0 Å². The molecule has 2 aromatic carbocycles. The van der Waals surface area contributed by atoms with E-state index >= 15 is 0 Å². The van der Waals surface area contributed by atoms with Crippen LogP contribution < -0.4 is 10.1 Å². The topological polar surface area (TPSA) is 44.8 Å². The first-order valence-electron chi connectivity index (χ1n) is 13.4. The molecule has 36 heavy (non-hydrogen) atoms. The highest BCUT2D eigenvalue weighted by Gasteiger charge is 2.32. The van der Waals surface area contributed by atoms with Crippen LogP contribution in [-0.2, 0) is 17.6 Å². The van der Waals surface area contributed by atoms with E-state index in [9.17, 15) is 9.18 Å². The Bertz CT molecular complexity index is 1020. The van der Waals surface area contributed by atoms with Gasteiger partial charge in [-0.25, -0.2) is 4.39 Å². The van der Waals surface area contributed by atoms with Crippen LogP contribution in [0.4, 0.5) is 4.39 Å². The number of hydrogen-bond acceptors (Lipinski definition) is 4. The summed E-state index contributed by atoms with van der Waals surface area (Å²) in [7, 11) is 4.20. The number of benzene rings is 2. The van der Waals surface area contributed by atoms with E-state index in [-0.39, 0.29) is 18.1 Å². The summed E-state index contributed by atoms with van der Waals surface area (Å²) in [5, 5.41) is 3.00. The maximum atomic E-state index is 14.2. The Balaban J connectivity index is 1.47. The number of unbranched alkanes of at least 4 members (excludes halogenated alkanes) is 1. The Morgan fingerprint density at radius 2 is 1.94 bits per heavy atom. The molecule has 0 spiro atoms. The van der Waals surface area contributed by atoms with Crippen molar-refractivity contribution in [2.75, 3.05) is 46.9 Å². The lowest BCUT2D eigenvalue weighted by atomic mass is 9.90. The van der Waals surface area contributed by atoms with Gasteiger partial charge >= 0.3 is 0 Å². The number of carbonyl (C=O) groups is 1. The molecule has 1 N–H and O–H groups in total. The molecule has 1 atom stereocenters. The van der Waals surface area contributed by atoms with Crippen molar-refractivity contribution in [1.82, 2.24) is 15.1 Å². The Labute approximate surface area is 217 Å². The standard InChI is InChI=1S/C30H44FN3O2/c1-7-26-22(3)27(13-14-28(26)36-16-9-8-15-33(5)6)23(4)34-19-24(20-34)18-32-29(35)17-25-12-10-11-21(2)30(25)31/h10-14,23-24H,7-9,15-20H2,1-6H3,(H,32,35). The molecule has 1 amide bonds. The number of nitrogens with zero attached hydrogens (tertiary/aromatic N) is 2. The van der Waals surface area contributed by atoms with Crippen LogP contribution in [0, 0.1) is 25.6 Å². The van der Waals surface area contributed by atoms with Crippen LogP contribution in [0.25, 0.3) is 0 Å². The zero-order chi connectivity index (χ0) is 26.2. The molecule has 2 aromatic rings. The number of nitrogens with one attached hydrogen (secondary N) is 1. The second-order valence-corrected chi connectivity index (χ2v) is 10.5. The predicted molar refractivity (Wildman–Crippen MR) is 145 cm³/mol. The lowest BCUT2D eigenvalue weighted by Crippen LogP contribution is -2.52. The number of amides is 1. The van der Waals surface area contributed by atoms with E-state index in [0.717, 1.165) is 51.3 Å². The monoisotopic (exact) mass is 497 g/mol. The second kappa shape index (κ2) is 13.2. The first kappa shape index (κ1) is 28.1. The third kappa shape index (κ3) is 7.30. The number of ether oxygens (including phenoxy) is 1. The molecule has 1 unspecified atom stereocenters. The fourth-order valence-electron chi connectivity index (χ4n) is 5.08. The molecule has 0 aromatic heterocycles. The summed E-state index contributed by atoms with van der Waals surface area (Å²) in [4.78, 5) is 17.0. The lowest BCUT2D eigenvalue weighted by Gasteiger charge is -2.44. The third-order valence-electron chi connectivity index (χ3n) is 7.40. The van der Waals surface area contributed by atoms with E-state index in [1.54, 1.807) is 25.1 Å². The van der Waals surface area contributed by atoms with Crippen molar-refractivity contribution < 1.29 is 13.9 Å². The number of likely N-dealkylation sites (tertiary alicyclic amines) is 1. The third-order valence-corrected chi connectivity index (χ3v) is 7.40. The van der Waals surface area contributed by atoms with Gasteiger partial charge in [0, 0.05) is 31.6 Å². The molecule has 1 aliphatic heterocycles. The maximum absolute atomic E-state index is 14.2. The zero-order valence-electron chi connectivity index (χ0n) is 23.0. The Kier molecular flexibility index (Phi) is 10.3. The van der Waals surface area contributed by atoms with Gasteiger partial charge in [0.25, 0.3) is 0 Å². The summed E-state index contributed by atoms with van der Waals surface area (Å²) in [6, 6.07) is 9.88. The highest BCUT2D eigenvalue weighted by Crippen LogP contribution is 2.34. The molecule has 0 bridgehead atoms. The number of hydrogen-bond donors (Lipinski definition) is 1. The van der Waals surface area contributed by atoms with Crippen molar-refractivity contribution in [3.63, 3.8) is 0 Å². The van der Waals surface area contributed by atoms with Gasteiger partial charge in [0.05, 0.1) is 13.0 Å². The normalized spacial score (nSPS) is 15.1. The van der Waals surface area contributed by atoms with Gasteiger partial charge in [-0.1, -0.05) is 31.2 Å². The van der Waals surface area contributed by atoms with Crippen LogP contribution in [0.3, 0.4) is 0 Å². The van der Waals surface area contributed by atoms with Crippen molar-refractivity contribution in [2.24, 2.45) is 5.92 Å². The van der Waals surface area contributed by atoms with E-state index in [4.69, 9.17) is 4.74 Å². The van der Waals surface area contributed by atoms with Crippen molar-refractivity contribution in [1.29, 1.82) is 0 Å². The van der Waals surface area contributed by atoms with Gasteiger partial charge in [0.1, 0.15) is 11.6 Å². The summed E-state index contributed by atoms with van der Waals surface area (Å²) in [6.07, 6.45) is 3.24. The van der Waals surface area contributed by atoms with Gasteiger partial charge in [0.15, 0.2) is 0 Å². The quantitative estimate of drug-likeness (QED) is 0.392. The van der Waals surface area contributed by atoms with Gasteiger partial charge < -0.3 is 15.0 Å². The fourth-order valence-corrected chi connectivity index (χ4v) is 5.08. The molecule has 0 aliphatic carbocycles. The van der Waals surface area contributed by atoms with Gasteiger partial charge in [-0.05, 0) is 94.6 Å². The Morgan fingerprint density at radius 3 is 2.64 bits per heavy atom. The predicted octanol–water partition coefficient (Wildman–Crippen LogP) is 5.08. The maximum Gasteiger partial charge on any atom is 0.224 e. The Morgan fingerprint density at radius 1 is 1.19 bits per heavy atom.